The normalized spacial score (nSPS) is 14.4. The van der Waals surface area contributed by atoms with E-state index in [0.717, 1.165) is 50.4 Å². The van der Waals surface area contributed by atoms with Crippen LogP contribution >= 0.6 is 0 Å². The van der Waals surface area contributed by atoms with E-state index in [9.17, 15) is 9.59 Å². The Hall–Kier alpha value is -2.08. The van der Waals surface area contributed by atoms with E-state index in [1.165, 1.54) is 32.1 Å². The molecule has 0 unspecified atom stereocenters. The number of carbonyl (C=O) groups is 2. The molecule has 0 spiro atoms. The Bertz CT molecular complexity index is 700. The molecule has 0 atom stereocenters. The van der Waals surface area contributed by atoms with Crippen molar-refractivity contribution in [3.05, 3.63) is 23.8 Å². The molecule has 1 heterocycles. The van der Waals surface area contributed by atoms with Crippen molar-refractivity contribution in [3.8, 4) is 0 Å². The Kier molecular flexibility index (Phi) is 12.2. The summed E-state index contributed by atoms with van der Waals surface area (Å²) >= 11 is 0. The first kappa shape index (κ1) is 26.2. The lowest BCUT2D eigenvalue weighted by Crippen LogP contribution is -2.35. The number of ether oxygens (including phenoxy) is 1. The van der Waals surface area contributed by atoms with Gasteiger partial charge in [0.25, 0.3) is 5.91 Å². The van der Waals surface area contributed by atoms with Crippen LogP contribution in [0.4, 0.5) is 11.4 Å². The van der Waals surface area contributed by atoms with Crippen LogP contribution in [0, 0.1) is 5.92 Å². The van der Waals surface area contributed by atoms with Crippen molar-refractivity contribution < 1.29 is 14.3 Å². The minimum atomic E-state index is -0.126. The number of anilines is 2. The predicted molar refractivity (Wildman–Crippen MR) is 133 cm³/mol. The lowest BCUT2D eigenvalue weighted by atomic mass is 9.97. The molecule has 6 nitrogen and oxygen atoms in total. The zero-order chi connectivity index (χ0) is 23.2. The Labute approximate surface area is 194 Å². The fraction of sp³-hybridized carbons (Fsp3) is 0.692. The highest BCUT2D eigenvalue weighted by Gasteiger charge is 2.21. The number of nitrogens with one attached hydrogen (secondary N) is 2. The lowest BCUT2D eigenvalue weighted by Gasteiger charge is -2.33. The van der Waals surface area contributed by atoms with Crippen LogP contribution in [0.5, 0.6) is 0 Å². The van der Waals surface area contributed by atoms with Crippen LogP contribution in [-0.2, 0) is 9.53 Å². The van der Waals surface area contributed by atoms with Crippen LogP contribution in [-0.4, -0.2) is 45.2 Å². The summed E-state index contributed by atoms with van der Waals surface area (Å²) in [6.07, 6.45) is 11.1. The summed E-state index contributed by atoms with van der Waals surface area (Å²) in [5.74, 6) is 0.609. The minimum Gasteiger partial charge on any atom is -0.383 e. The molecule has 0 radical (unpaired) electrons. The molecule has 180 valence electrons. The van der Waals surface area contributed by atoms with Gasteiger partial charge in [0, 0.05) is 44.5 Å². The number of hydrogen-bond donors (Lipinski definition) is 2. The summed E-state index contributed by atoms with van der Waals surface area (Å²) in [5, 5.41) is 5.92. The van der Waals surface area contributed by atoms with E-state index in [-0.39, 0.29) is 11.8 Å². The maximum Gasteiger partial charge on any atom is 0.253 e. The first-order valence-corrected chi connectivity index (χ1v) is 12.5. The molecule has 32 heavy (non-hydrogen) atoms. The van der Waals surface area contributed by atoms with E-state index in [2.05, 4.69) is 29.4 Å². The largest absolute Gasteiger partial charge is 0.383 e. The molecular weight excluding hydrogens is 402 g/mol. The number of hydrogen-bond acceptors (Lipinski definition) is 4. The maximum atomic E-state index is 12.9. The molecule has 2 rings (SSSR count). The Morgan fingerprint density at radius 3 is 2.44 bits per heavy atom. The third kappa shape index (κ3) is 9.19. The van der Waals surface area contributed by atoms with Gasteiger partial charge in [-0.2, -0.15) is 0 Å². The van der Waals surface area contributed by atoms with Crippen LogP contribution < -0.4 is 15.5 Å². The molecule has 1 aliphatic heterocycles. The molecule has 0 saturated carbocycles. The predicted octanol–water partition coefficient (Wildman–Crippen LogP) is 5.38. The van der Waals surface area contributed by atoms with Gasteiger partial charge in [-0.1, -0.05) is 52.4 Å². The zero-order valence-electron chi connectivity index (χ0n) is 20.4. The number of unbranched alkanes of at least 4 members (excludes halogenated alkanes) is 6. The van der Waals surface area contributed by atoms with E-state index in [1.807, 2.05) is 18.2 Å². The van der Waals surface area contributed by atoms with E-state index in [0.29, 0.717) is 30.8 Å². The summed E-state index contributed by atoms with van der Waals surface area (Å²) < 4.78 is 5.05. The number of carbonyl (C=O) groups excluding carboxylic acids is 2. The average Bonchev–Trinajstić information content (AvgIpc) is 2.79. The number of methoxy groups -OCH3 is 1. The lowest BCUT2D eigenvalue weighted by molar-refractivity contribution is -0.116. The van der Waals surface area contributed by atoms with Crippen molar-refractivity contribution in [2.24, 2.45) is 5.92 Å². The molecule has 1 aliphatic rings. The van der Waals surface area contributed by atoms with Crippen LogP contribution in [0.1, 0.15) is 88.4 Å². The highest BCUT2D eigenvalue weighted by molar-refractivity contribution is 6.02. The van der Waals surface area contributed by atoms with Gasteiger partial charge in [-0.05, 0) is 43.4 Å². The number of nitrogens with zero attached hydrogens (tertiary/aromatic N) is 1. The van der Waals surface area contributed by atoms with Gasteiger partial charge in [0.15, 0.2) is 0 Å². The first-order valence-electron chi connectivity index (χ1n) is 12.5. The maximum absolute atomic E-state index is 12.9. The first-order chi connectivity index (χ1) is 15.5. The molecule has 1 saturated heterocycles. The summed E-state index contributed by atoms with van der Waals surface area (Å²) in [5.41, 5.74) is 2.24. The van der Waals surface area contributed by atoms with Crippen molar-refractivity contribution in [2.75, 3.05) is 43.6 Å². The summed E-state index contributed by atoms with van der Waals surface area (Å²) in [7, 11) is 1.62. The second kappa shape index (κ2) is 14.9. The standard InChI is InChI=1S/C26H43N3O3/c1-4-5-6-7-8-9-10-11-25(30)28-22-12-13-24(29-17-14-21(2)15-18-29)23(20-22)26(31)27-16-19-32-3/h12-13,20-21H,4-11,14-19H2,1-3H3,(H,27,31)(H,28,30). The Balaban J connectivity index is 1.96. The Morgan fingerprint density at radius 2 is 1.75 bits per heavy atom. The molecule has 0 aromatic heterocycles. The molecule has 1 aromatic rings. The van der Waals surface area contributed by atoms with E-state index in [1.54, 1.807) is 7.11 Å². The highest BCUT2D eigenvalue weighted by Crippen LogP contribution is 2.29. The van der Waals surface area contributed by atoms with E-state index in [4.69, 9.17) is 4.74 Å². The van der Waals surface area contributed by atoms with Crippen molar-refractivity contribution in [3.63, 3.8) is 0 Å². The fourth-order valence-electron chi connectivity index (χ4n) is 4.15. The third-order valence-electron chi connectivity index (χ3n) is 6.25. The molecule has 0 aliphatic carbocycles. The van der Waals surface area contributed by atoms with Gasteiger partial charge in [0.05, 0.1) is 12.2 Å². The smallest absolute Gasteiger partial charge is 0.253 e. The van der Waals surface area contributed by atoms with Crippen LogP contribution in [0.15, 0.2) is 18.2 Å². The van der Waals surface area contributed by atoms with E-state index < -0.39 is 0 Å². The monoisotopic (exact) mass is 445 g/mol. The van der Waals surface area contributed by atoms with Gasteiger partial charge in [-0.3, -0.25) is 9.59 Å². The summed E-state index contributed by atoms with van der Waals surface area (Å²) in [4.78, 5) is 27.6. The van der Waals surface area contributed by atoms with Crippen LogP contribution in [0.2, 0.25) is 0 Å². The number of piperidine rings is 1. The molecule has 2 amide bonds. The van der Waals surface area contributed by atoms with Crippen LogP contribution in [0.3, 0.4) is 0 Å². The molecule has 6 heteroatoms. The van der Waals surface area contributed by atoms with Crippen molar-refractivity contribution >= 4 is 23.2 Å². The van der Waals surface area contributed by atoms with Gasteiger partial charge in [-0.25, -0.2) is 0 Å². The van der Waals surface area contributed by atoms with Crippen molar-refractivity contribution in [1.29, 1.82) is 0 Å². The van der Waals surface area contributed by atoms with Crippen molar-refractivity contribution in [1.82, 2.24) is 5.32 Å². The number of rotatable bonds is 14. The quantitative estimate of drug-likeness (QED) is 0.377. The molecule has 1 fully saturated rings. The fourth-order valence-corrected chi connectivity index (χ4v) is 4.15. The van der Waals surface area contributed by atoms with Crippen LogP contribution in [0.25, 0.3) is 0 Å². The third-order valence-corrected chi connectivity index (χ3v) is 6.25. The highest BCUT2D eigenvalue weighted by atomic mass is 16.5. The molecule has 0 bridgehead atoms. The number of amides is 2. The Morgan fingerprint density at radius 1 is 1.06 bits per heavy atom. The molecule has 1 aromatic carbocycles. The summed E-state index contributed by atoms with van der Waals surface area (Å²) in [6, 6.07) is 5.71. The van der Waals surface area contributed by atoms with E-state index >= 15 is 0 Å². The molecular formula is C26H43N3O3. The van der Waals surface area contributed by atoms with Crippen molar-refractivity contribution in [2.45, 2.75) is 78.1 Å². The second-order valence-corrected chi connectivity index (χ2v) is 9.07. The molecule has 2 N–H and O–H groups in total. The zero-order valence-corrected chi connectivity index (χ0v) is 20.4. The second-order valence-electron chi connectivity index (χ2n) is 9.07. The van der Waals surface area contributed by atoms with Gasteiger partial charge in [0.2, 0.25) is 5.91 Å². The van der Waals surface area contributed by atoms with Gasteiger partial charge in [0.1, 0.15) is 0 Å². The van der Waals surface area contributed by atoms with Gasteiger partial charge in [-0.15, -0.1) is 0 Å². The SMILES string of the molecule is CCCCCCCCCC(=O)Nc1ccc(N2CCC(C)CC2)c(C(=O)NCCOC)c1. The topological polar surface area (TPSA) is 70.7 Å². The van der Waals surface area contributed by atoms with Gasteiger partial charge < -0.3 is 20.3 Å². The van der Waals surface area contributed by atoms with Gasteiger partial charge >= 0.3 is 0 Å². The summed E-state index contributed by atoms with van der Waals surface area (Å²) in [6.45, 7) is 7.32. The number of benzene rings is 1. The average molecular weight is 446 g/mol. The minimum absolute atomic E-state index is 0.0175.